The molecule has 1 heterocycles. The van der Waals surface area contributed by atoms with Crippen molar-refractivity contribution in [2.24, 2.45) is 0 Å². The van der Waals surface area contributed by atoms with E-state index in [2.05, 4.69) is 0 Å². The standard InChI is InChI=1S/C26H19Cl2NO6/c1-34-18-8-4-5-14(12-18)22-21(23(30)15-9-10-19(27)20(28)13-15)24(31)25(32)29(22)17-7-3-6-16(11-17)26(33)35-2/h3-13,22,30H,1-2H3/b23-21+. The molecule has 3 aromatic rings. The molecule has 0 saturated carbocycles. The topological polar surface area (TPSA) is 93.1 Å². The third kappa shape index (κ3) is 4.48. The number of benzene rings is 3. The highest BCUT2D eigenvalue weighted by Gasteiger charge is 2.47. The van der Waals surface area contributed by atoms with Crippen molar-refractivity contribution in [3.05, 3.63) is 99.0 Å². The highest BCUT2D eigenvalue weighted by molar-refractivity contribution is 6.52. The maximum atomic E-state index is 13.3. The van der Waals surface area contributed by atoms with Gasteiger partial charge in [0, 0.05) is 11.3 Å². The number of amides is 1. The molecule has 1 aliphatic rings. The van der Waals surface area contributed by atoms with E-state index in [4.69, 9.17) is 32.7 Å². The Morgan fingerprint density at radius 2 is 1.66 bits per heavy atom. The van der Waals surface area contributed by atoms with E-state index in [0.717, 1.165) is 0 Å². The van der Waals surface area contributed by atoms with E-state index < -0.39 is 29.5 Å². The molecule has 1 unspecified atom stereocenters. The molecule has 3 aromatic carbocycles. The molecule has 1 saturated heterocycles. The molecule has 1 amide bonds. The Balaban J connectivity index is 1.96. The Hall–Kier alpha value is -3.81. The molecule has 35 heavy (non-hydrogen) atoms. The number of methoxy groups -OCH3 is 2. The van der Waals surface area contributed by atoms with Gasteiger partial charge in [0.15, 0.2) is 0 Å². The van der Waals surface area contributed by atoms with E-state index >= 15 is 0 Å². The van der Waals surface area contributed by atoms with E-state index in [1.54, 1.807) is 36.4 Å². The van der Waals surface area contributed by atoms with Crippen LogP contribution in [0, 0.1) is 0 Å². The maximum Gasteiger partial charge on any atom is 0.337 e. The fourth-order valence-corrected chi connectivity index (χ4v) is 4.22. The summed E-state index contributed by atoms with van der Waals surface area (Å²) in [4.78, 5) is 39.9. The number of aliphatic hydroxyl groups is 1. The zero-order chi connectivity index (χ0) is 25.3. The lowest BCUT2D eigenvalue weighted by molar-refractivity contribution is -0.132. The van der Waals surface area contributed by atoms with Crippen LogP contribution in [-0.2, 0) is 14.3 Å². The van der Waals surface area contributed by atoms with Crippen LogP contribution in [0.4, 0.5) is 5.69 Å². The molecule has 0 spiro atoms. The third-order valence-corrected chi connectivity index (χ3v) is 6.33. The summed E-state index contributed by atoms with van der Waals surface area (Å²) in [7, 11) is 2.74. The van der Waals surface area contributed by atoms with Crippen LogP contribution < -0.4 is 9.64 Å². The lowest BCUT2D eigenvalue weighted by atomic mass is 9.95. The van der Waals surface area contributed by atoms with Gasteiger partial charge in [0.25, 0.3) is 11.7 Å². The number of halogens is 2. The van der Waals surface area contributed by atoms with Crippen molar-refractivity contribution in [2.45, 2.75) is 6.04 Å². The van der Waals surface area contributed by atoms with Crippen LogP contribution in [0.1, 0.15) is 27.5 Å². The highest BCUT2D eigenvalue weighted by Crippen LogP contribution is 2.43. The van der Waals surface area contributed by atoms with Crippen molar-refractivity contribution in [3.8, 4) is 5.75 Å². The second kappa shape index (κ2) is 9.82. The van der Waals surface area contributed by atoms with Gasteiger partial charge >= 0.3 is 5.97 Å². The predicted octanol–water partition coefficient (Wildman–Crippen LogP) is 5.41. The number of rotatable bonds is 5. The smallest absolute Gasteiger partial charge is 0.337 e. The first-order valence-corrected chi connectivity index (χ1v) is 11.1. The van der Waals surface area contributed by atoms with Crippen molar-refractivity contribution >= 4 is 52.3 Å². The number of ether oxygens (including phenoxy) is 2. The molecule has 178 valence electrons. The third-order valence-electron chi connectivity index (χ3n) is 5.59. The summed E-state index contributed by atoms with van der Waals surface area (Å²) in [5, 5.41) is 11.6. The molecule has 7 nitrogen and oxygen atoms in total. The van der Waals surface area contributed by atoms with Crippen LogP contribution in [0.2, 0.25) is 10.0 Å². The second-order valence-electron chi connectivity index (χ2n) is 7.62. The Morgan fingerprint density at radius 3 is 2.34 bits per heavy atom. The number of esters is 1. The minimum absolute atomic E-state index is 0.148. The minimum Gasteiger partial charge on any atom is -0.507 e. The van der Waals surface area contributed by atoms with Crippen molar-refractivity contribution in [2.75, 3.05) is 19.1 Å². The number of Topliss-reactive ketones (excluding diaryl/α,β-unsaturated/α-hetero) is 1. The van der Waals surface area contributed by atoms with Crippen LogP contribution >= 0.6 is 23.2 Å². The quantitative estimate of drug-likeness (QED) is 0.213. The average molecular weight is 512 g/mol. The summed E-state index contributed by atoms with van der Waals surface area (Å²) in [5.74, 6) is -2.30. The monoisotopic (exact) mass is 511 g/mol. The van der Waals surface area contributed by atoms with E-state index in [1.807, 2.05) is 0 Å². The summed E-state index contributed by atoms with van der Waals surface area (Å²) in [6.45, 7) is 0. The van der Waals surface area contributed by atoms with E-state index in [-0.39, 0.29) is 32.4 Å². The molecule has 0 bridgehead atoms. The molecule has 1 N–H and O–H groups in total. The van der Waals surface area contributed by atoms with Crippen LogP contribution in [0.25, 0.3) is 5.76 Å². The predicted molar refractivity (Wildman–Crippen MR) is 132 cm³/mol. The zero-order valence-electron chi connectivity index (χ0n) is 18.6. The molecule has 1 atom stereocenters. The largest absolute Gasteiger partial charge is 0.507 e. The van der Waals surface area contributed by atoms with Gasteiger partial charge in [-0.25, -0.2) is 4.79 Å². The summed E-state index contributed by atoms with van der Waals surface area (Å²) in [6.07, 6.45) is 0. The lowest BCUT2D eigenvalue weighted by Gasteiger charge is -2.26. The van der Waals surface area contributed by atoms with Gasteiger partial charge in [0.2, 0.25) is 0 Å². The molecule has 0 radical (unpaired) electrons. The van der Waals surface area contributed by atoms with Crippen molar-refractivity contribution in [1.82, 2.24) is 0 Å². The molecule has 1 fully saturated rings. The molecule has 0 aromatic heterocycles. The van der Waals surface area contributed by atoms with Crippen LogP contribution in [-0.4, -0.2) is 37.0 Å². The van der Waals surface area contributed by atoms with Crippen molar-refractivity contribution in [3.63, 3.8) is 0 Å². The number of nitrogens with zero attached hydrogens (tertiary/aromatic N) is 1. The summed E-state index contributed by atoms with van der Waals surface area (Å²) in [6, 6.07) is 16.3. The Kier molecular flexibility index (Phi) is 6.82. The molecule has 0 aliphatic carbocycles. The Morgan fingerprint density at radius 1 is 0.914 bits per heavy atom. The Labute approximate surface area is 211 Å². The summed E-state index contributed by atoms with van der Waals surface area (Å²) in [5.41, 5.74) is 1.05. The van der Waals surface area contributed by atoms with Gasteiger partial charge in [-0.2, -0.15) is 0 Å². The fraction of sp³-hybridized carbons (Fsp3) is 0.115. The van der Waals surface area contributed by atoms with Crippen LogP contribution in [0.15, 0.2) is 72.3 Å². The van der Waals surface area contributed by atoms with E-state index in [9.17, 15) is 19.5 Å². The molecular weight excluding hydrogens is 493 g/mol. The van der Waals surface area contributed by atoms with Gasteiger partial charge in [0.1, 0.15) is 11.5 Å². The van der Waals surface area contributed by atoms with E-state index in [1.165, 1.54) is 49.5 Å². The van der Waals surface area contributed by atoms with Crippen LogP contribution in [0.5, 0.6) is 5.75 Å². The average Bonchev–Trinajstić information content (AvgIpc) is 3.15. The number of aliphatic hydroxyl groups excluding tert-OH is 1. The summed E-state index contributed by atoms with van der Waals surface area (Å²) < 4.78 is 10.1. The normalized spacial score (nSPS) is 16.9. The Bertz CT molecular complexity index is 1380. The minimum atomic E-state index is -1.02. The molecule has 1 aliphatic heterocycles. The zero-order valence-corrected chi connectivity index (χ0v) is 20.1. The fourth-order valence-electron chi connectivity index (χ4n) is 3.93. The maximum absolute atomic E-state index is 13.3. The van der Waals surface area contributed by atoms with Crippen LogP contribution in [0.3, 0.4) is 0 Å². The first kappa shape index (κ1) is 24.3. The molecule has 9 heteroatoms. The highest BCUT2D eigenvalue weighted by atomic mass is 35.5. The second-order valence-corrected chi connectivity index (χ2v) is 8.43. The first-order valence-electron chi connectivity index (χ1n) is 10.4. The van der Waals surface area contributed by atoms with Gasteiger partial charge < -0.3 is 14.6 Å². The number of carbonyl (C=O) groups excluding carboxylic acids is 3. The van der Waals surface area contributed by atoms with Crippen molar-refractivity contribution < 1.29 is 29.0 Å². The molecular formula is C26H19Cl2NO6. The number of hydrogen-bond donors (Lipinski definition) is 1. The summed E-state index contributed by atoms with van der Waals surface area (Å²) >= 11 is 12.1. The van der Waals surface area contributed by atoms with Crippen molar-refractivity contribution in [1.29, 1.82) is 0 Å². The lowest BCUT2D eigenvalue weighted by Crippen LogP contribution is -2.29. The van der Waals surface area contributed by atoms with Gasteiger partial charge in [-0.1, -0.05) is 41.4 Å². The number of anilines is 1. The number of hydrogen-bond acceptors (Lipinski definition) is 6. The van der Waals surface area contributed by atoms with Gasteiger partial charge in [-0.05, 0) is 54.1 Å². The van der Waals surface area contributed by atoms with Gasteiger partial charge in [0.05, 0.1) is 41.4 Å². The first-order chi connectivity index (χ1) is 16.8. The number of carbonyl (C=O) groups is 3. The van der Waals surface area contributed by atoms with Gasteiger partial charge in [-0.3, -0.25) is 14.5 Å². The molecule has 4 rings (SSSR count). The van der Waals surface area contributed by atoms with Gasteiger partial charge in [-0.15, -0.1) is 0 Å². The SMILES string of the molecule is COC(=O)c1cccc(N2C(=O)C(=O)/C(=C(/O)c3ccc(Cl)c(Cl)c3)C2c2cccc(OC)c2)c1. The van der Waals surface area contributed by atoms with E-state index in [0.29, 0.717) is 11.3 Å². The number of ketones is 1.